The average molecular weight is 276 g/mol. The number of hydrogen-bond acceptors (Lipinski definition) is 3. The molecular formula is C16H24N2O2. The van der Waals surface area contributed by atoms with Gasteiger partial charge in [0, 0.05) is 12.5 Å². The van der Waals surface area contributed by atoms with Crippen molar-refractivity contribution in [3.63, 3.8) is 0 Å². The number of ether oxygens (including phenoxy) is 1. The molecule has 1 heterocycles. The van der Waals surface area contributed by atoms with Crippen LogP contribution in [0.5, 0.6) is 5.75 Å². The Balaban J connectivity index is 1.79. The summed E-state index contributed by atoms with van der Waals surface area (Å²) in [5.74, 6) is 1.66. The van der Waals surface area contributed by atoms with Crippen LogP contribution < -0.4 is 15.4 Å². The Morgan fingerprint density at radius 1 is 1.45 bits per heavy atom. The first-order valence-corrected chi connectivity index (χ1v) is 7.41. The maximum atomic E-state index is 12.0. The third kappa shape index (κ3) is 3.73. The highest BCUT2D eigenvalue weighted by molar-refractivity contribution is 5.78. The summed E-state index contributed by atoms with van der Waals surface area (Å²) in [4.78, 5) is 12.0. The Kier molecular flexibility index (Phi) is 5.41. The Labute approximate surface area is 120 Å². The van der Waals surface area contributed by atoms with Crippen LogP contribution in [0.15, 0.2) is 24.3 Å². The van der Waals surface area contributed by atoms with Crippen molar-refractivity contribution in [3.8, 4) is 5.75 Å². The molecular weight excluding hydrogens is 252 g/mol. The highest BCUT2D eigenvalue weighted by Crippen LogP contribution is 2.18. The van der Waals surface area contributed by atoms with Crippen molar-refractivity contribution in [1.82, 2.24) is 10.6 Å². The van der Waals surface area contributed by atoms with Crippen LogP contribution in [0.3, 0.4) is 0 Å². The standard InChI is InChI=1S/C16H24N2O2/c1-3-20-15-7-5-4-6-13(15)8-9-18-16(19)12(2)14-10-17-11-14/h4-7,12,14,17H,3,8-11H2,1-2H3,(H,18,19). The van der Waals surface area contributed by atoms with E-state index in [-0.39, 0.29) is 11.8 Å². The molecule has 4 heteroatoms. The molecule has 1 atom stereocenters. The lowest BCUT2D eigenvalue weighted by Crippen LogP contribution is -2.49. The lowest BCUT2D eigenvalue weighted by molar-refractivity contribution is -0.126. The molecule has 0 aromatic heterocycles. The van der Waals surface area contributed by atoms with E-state index >= 15 is 0 Å². The third-order valence-corrected chi connectivity index (χ3v) is 3.90. The second-order valence-electron chi connectivity index (χ2n) is 5.29. The van der Waals surface area contributed by atoms with Crippen LogP contribution in [0, 0.1) is 11.8 Å². The van der Waals surface area contributed by atoms with Crippen LogP contribution in [0.2, 0.25) is 0 Å². The van der Waals surface area contributed by atoms with Gasteiger partial charge in [-0.3, -0.25) is 4.79 Å². The Morgan fingerprint density at radius 2 is 2.20 bits per heavy atom. The molecule has 4 nitrogen and oxygen atoms in total. The fraction of sp³-hybridized carbons (Fsp3) is 0.562. The SMILES string of the molecule is CCOc1ccccc1CCNC(=O)C(C)C1CNC1. The molecule has 1 unspecified atom stereocenters. The van der Waals surface area contributed by atoms with Gasteiger partial charge in [0.05, 0.1) is 6.61 Å². The van der Waals surface area contributed by atoms with Gasteiger partial charge in [-0.1, -0.05) is 25.1 Å². The Morgan fingerprint density at radius 3 is 2.85 bits per heavy atom. The molecule has 1 aliphatic rings. The maximum Gasteiger partial charge on any atom is 0.223 e. The molecule has 2 rings (SSSR count). The van der Waals surface area contributed by atoms with Gasteiger partial charge >= 0.3 is 0 Å². The van der Waals surface area contributed by atoms with E-state index in [4.69, 9.17) is 4.74 Å². The molecule has 0 saturated carbocycles. The number of nitrogens with one attached hydrogen (secondary N) is 2. The van der Waals surface area contributed by atoms with Crippen molar-refractivity contribution in [2.75, 3.05) is 26.2 Å². The monoisotopic (exact) mass is 276 g/mol. The van der Waals surface area contributed by atoms with E-state index in [2.05, 4.69) is 16.7 Å². The molecule has 1 fully saturated rings. The van der Waals surface area contributed by atoms with E-state index < -0.39 is 0 Å². The lowest BCUT2D eigenvalue weighted by Gasteiger charge is -2.31. The molecule has 0 bridgehead atoms. The zero-order valence-electron chi connectivity index (χ0n) is 12.3. The first-order valence-electron chi connectivity index (χ1n) is 7.41. The maximum absolute atomic E-state index is 12.0. The number of hydrogen-bond donors (Lipinski definition) is 2. The summed E-state index contributed by atoms with van der Waals surface area (Å²) in [6, 6.07) is 8.00. The summed E-state index contributed by atoms with van der Waals surface area (Å²) in [6.45, 7) is 7.23. The molecule has 0 aliphatic carbocycles. The number of amides is 1. The van der Waals surface area contributed by atoms with Gasteiger partial charge < -0.3 is 15.4 Å². The predicted octanol–water partition coefficient (Wildman–Crippen LogP) is 1.60. The Bertz CT molecular complexity index is 444. The quantitative estimate of drug-likeness (QED) is 0.795. The van der Waals surface area contributed by atoms with E-state index in [0.29, 0.717) is 19.1 Å². The minimum Gasteiger partial charge on any atom is -0.494 e. The van der Waals surface area contributed by atoms with Gasteiger partial charge in [0.1, 0.15) is 5.75 Å². The van der Waals surface area contributed by atoms with Gasteiger partial charge in [0.25, 0.3) is 0 Å². The molecule has 1 saturated heterocycles. The molecule has 1 aromatic rings. The summed E-state index contributed by atoms with van der Waals surface area (Å²) >= 11 is 0. The molecule has 20 heavy (non-hydrogen) atoms. The van der Waals surface area contributed by atoms with Crippen molar-refractivity contribution in [1.29, 1.82) is 0 Å². The predicted molar refractivity (Wildman–Crippen MR) is 79.8 cm³/mol. The van der Waals surface area contributed by atoms with Crippen LogP contribution in [0.25, 0.3) is 0 Å². The van der Waals surface area contributed by atoms with Crippen LogP contribution >= 0.6 is 0 Å². The largest absolute Gasteiger partial charge is 0.494 e. The summed E-state index contributed by atoms with van der Waals surface area (Å²) in [6.07, 6.45) is 0.803. The molecule has 1 aliphatic heterocycles. The van der Waals surface area contributed by atoms with Gasteiger partial charge in [-0.2, -0.15) is 0 Å². The molecule has 2 N–H and O–H groups in total. The lowest BCUT2D eigenvalue weighted by atomic mass is 9.88. The number of rotatable bonds is 7. The van der Waals surface area contributed by atoms with E-state index in [1.807, 2.05) is 32.0 Å². The summed E-state index contributed by atoms with van der Waals surface area (Å²) in [7, 11) is 0. The van der Waals surface area contributed by atoms with E-state index in [9.17, 15) is 4.79 Å². The third-order valence-electron chi connectivity index (χ3n) is 3.90. The van der Waals surface area contributed by atoms with E-state index in [1.54, 1.807) is 0 Å². The zero-order valence-corrected chi connectivity index (χ0v) is 12.3. The molecule has 110 valence electrons. The molecule has 0 spiro atoms. The fourth-order valence-electron chi connectivity index (χ4n) is 2.37. The number of carbonyl (C=O) groups is 1. The minimum absolute atomic E-state index is 0.0957. The molecule has 0 radical (unpaired) electrons. The van der Waals surface area contributed by atoms with Crippen molar-refractivity contribution in [3.05, 3.63) is 29.8 Å². The minimum atomic E-state index is 0.0957. The second-order valence-corrected chi connectivity index (χ2v) is 5.29. The summed E-state index contributed by atoms with van der Waals surface area (Å²) in [5.41, 5.74) is 1.15. The van der Waals surface area contributed by atoms with Crippen LogP contribution in [0.4, 0.5) is 0 Å². The van der Waals surface area contributed by atoms with Crippen molar-refractivity contribution in [2.24, 2.45) is 11.8 Å². The first kappa shape index (κ1) is 14.9. The average Bonchev–Trinajstić information content (AvgIpc) is 2.39. The zero-order chi connectivity index (χ0) is 14.4. The molecule has 1 amide bonds. The topological polar surface area (TPSA) is 50.4 Å². The van der Waals surface area contributed by atoms with Gasteiger partial charge in [-0.25, -0.2) is 0 Å². The highest BCUT2D eigenvalue weighted by Gasteiger charge is 2.28. The van der Waals surface area contributed by atoms with Crippen LogP contribution in [-0.2, 0) is 11.2 Å². The van der Waals surface area contributed by atoms with Gasteiger partial charge in [-0.15, -0.1) is 0 Å². The number of benzene rings is 1. The van der Waals surface area contributed by atoms with Crippen LogP contribution in [-0.4, -0.2) is 32.1 Å². The normalized spacial score (nSPS) is 16.3. The number of carbonyl (C=O) groups excluding carboxylic acids is 1. The molecule has 1 aromatic carbocycles. The van der Waals surface area contributed by atoms with Gasteiger partial charge in [-0.05, 0) is 44.0 Å². The van der Waals surface area contributed by atoms with E-state index in [0.717, 1.165) is 30.8 Å². The summed E-state index contributed by atoms with van der Waals surface area (Å²) < 4.78 is 5.59. The van der Waals surface area contributed by atoms with Crippen molar-refractivity contribution in [2.45, 2.75) is 20.3 Å². The van der Waals surface area contributed by atoms with Crippen molar-refractivity contribution < 1.29 is 9.53 Å². The van der Waals surface area contributed by atoms with E-state index in [1.165, 1.54) is 0 Å². The van der Waals surface area contributed by atoms with Gasteiger partial charge in [0.15, 0.2) is 0 Å². The Hall–Kier alpha value is -1.55. The highest BCUT2D eigenvalue weighted by atomic mass is 16.5. The van der Waals surface area contributed by atoms with Crippen molar-refractivity contribution >= 4 is 5.91 Å². The smallest absolute Gasteiger partial charge is 0.223 e. The fourth-order valence-corrected chi connectivity index (χ4v) is 2.37. The summed E-state index contributed by atoms with van der Waals surface area (Å²) in [5, 5.41) is 6.23. The van der Waals surface area contributed by atoms with Gasteiger partial charge in [0.2, 0.25) is 5.91 Å². The van der Waals surface area contributed by atoms with Crippen LogP contribution in [0.1, 0.15) is 19.4 Å². The second kappa shape index (κ2) is 7.29. The number of para-hydroxylation sites is 1. The first-order chi connectivity index (χ1) is 9.72.